The lowest BCUT2D eigenvalue weighted by Gasteiger charge is -2.34. The molecule has 1 aliphatic rings. The Morgan fingerprint density at radius 3 is 2.44 bits per heavy atom. The SMILES string of the molecule is O=C(O)C1(c2ccon2)CCC(F)(F)CC1. The molecule has 1 aromatic rings. The zero-order chi connectivity index (χ0) is 11.8. The third kappa shape index (κ3) is 1.68. The van der Waals surface area contributed by atoms with Crippen molar-refractivity contribution in [3.63, 3.8) is 0 Å². The van der Waals surface area contributed by atoms with Crippen LogP contribution in [0.3, 0.4) is 0 Å². The molecule has 4 nitrogen and oxygen atoms in total. The van der Waals surface area contributed by atoms with E-state index in [1.54, 1.807) is 0 Å². The Labute approximate surface area is 90.2 Å². The standard InChI is InChI=1S/C10H11F2NO3/c11-10(12)4-2-9(3-5-10,8(14)15)7-1-6-16-13-7/h1,6H,2-5H2,(H,14,15). The first-order chi connectivity index (χ1) is 7.46. The lowest BCUT2D eigenvalue weighted by atomic mass is 9.70. The van der Waals surface area contributed by atoms with Crippen molar-refractivity contribution in [3.05, 3.63) is 18.0 Å². The van der Waals surface area contributed by atoms with Crippen LogP contribution < -0.4 is 0 Å². The Morgan fingerprint density at radius 2 is 2.00 bits per heavy atom. The molecule has 1 saturated carbocycles. The number of halogens is 2. The minimum atomic E-state index is -2.76. The van der Waals surface area contributed by atoms with Gasteiger partial charge < -0.3 is 9.63 Å². The van der Waals surface area contributed by atoms with Gasteiger partial charge in [-0.1, -0.05) is 5.16 Å². The summed E-state index contributed by atoms with van der Waals surface area (Å²) >= 11 is 0. The van der Waals surface area contributed by atoms with E-state index in [9.17, 15) is 18.7 Å². The number of alkyl halides is 2. The van der Waals surface area contributed by atoms with Gasteiger partial charge in [0.05, 0.1) is 0 Å². The number of hydrogen-bond donors (Lipinski definition) is 1. The maximum atomic E-state index is 13.0. The van der Waals surface area contributed by atoms with Gasteiger partial charge in [-0.05, 0) is 12.8 Å². The Morgan fingerprint density at radius 1 is 1.38 bits per heavy atom. The molecule has 2 rings (SSSR count). The van der Waals surface area contributed by atoms with Gasteiger partial charge >= 0.3 is 5.97 Å². The summed E-state index contributed by atoms with van der Waals surface area (Å²) in [6.45, 7) is 0. The molecule has 0 amide bonds. The van der Waals surface area contributed by atoms with Crippen molar-refractivity contribution < 1.29 is 23.2 Å². The van der Waals surface area contributed by atoms with E-state index < -0.39 is 30.1 Å². The second kappa shape index (κ2) is 3.54. The molecule has 1 N–H and O–H groups in total. The van der Waals surface area contributed by atoms with E-state index in [2.05, 4.69) is 9.68 Å². The van der Waals surface area contributed by atoms with Gasteiger partial charge in [-0.3, -0.25) is 4.79 Å². The minimum Gasteiger partial charge on any atom is -0.481 e. The van der Waals surface area contributed by atoms with Crippen LogP contribution in [0, 0.1) is 0 Å². The maximum absolute atomic E-state index is 13.0. The van der Waals surface area contributed by atoms with Crippen LogP contribution >= 0.6 is 0 Å². The van der Waals surface area contributed by atoms with E-state index in [0.29, 0.717) is 0 Å². The highest BCUT2D eigenvalue weighted by molar-refractivity contribution is 5.80. The fourth-order valence-corrected chi connectivity index (χ4v) is 2.08. The van der Waals surface area contributed by atoms with Crippen LogP contribution in [0.25, 0.3) is 0 Å². The van der Waals surface area contributed by atoms with Crippen LogP contribution in [0.1, 0.15) is 31.4 Å². The number of aliphatic carboxylic acids is 1. The van der Waals surface area contributed by atoms with Crippen molar-refractivity contribution in [1.29, 1.82) is 0 Å². The van der Waals surface area contributed by atoms with Crippen LogP contribution in [0.4, 0.5) is 8.78 Å². The van der Waals surface area contributed by atoms with Crippen molar-refractivity contribution in [2.75, 3.05) is 0 Å². The quantitative estimate of drug-likeness (QED) is 0.847. The molecule has 0 saturated heterocycles. The first-order valence-corrected chi connectivity index (χ1v) is 4.98. The summed E-state index contributed by atoms with van der Waals surface area (Å²) in [4.78, 5) is 11.3. The number of nitrogens with zero attached hydrogens (tertiary/aromatic N) is 1. The molecule has 1 heterocycles. The highest BCUT2D eigenvalue weighted by Gasteiger charge is 2.50. The molecule has 0 bridgehead atoms. The number of aromatic nitrogens is 1. The third-order valence-electron chi connectivity index (χ3n) is 3.17. The van der Waals surface area contributed by atoms with Crippen LogP contribution in [-0.2, 0) is 10.2 Å². The van der Waals surface area contributed by atoms with Gasteiger partial charge in [0.25, 0.3) is 0 Å². The van der Waals surface area contributed by atoms with Crippen molar-refractivity contribution in [2.24, 2.45) is 0 Å². The number of rotatable bonds is 2. The van der Waals surface area contributed by atoms with Crippen LogP contribution in [0.5, 0.6) is 0 Å². The summed E-state index contributed by atoms with van der Waals surface area (Å²) in [5, 5.41) is 12.8. The van der Waals surface area contributed by atoms with Gasteiger partial charge in [-0.15, -0.1) is 0 Å². The number of carbonyl (C=O) groups is 1. The summed E-state index contributed by atoms with van der Waals surface area (Å²) in [5.41, 5.74) is -1.08. The van der Waals surface area contributed by atoms with Gasteiger partial charge in [-0.2, -0.15) is 0 Å². The topological polar surface area (TPSA) is 63.3 Å². The lowest BCUT2D eigenvalue weighted by molar-refractivity contribution is -0.149. The summed E-state index contributed by atoms with van der Waals surface area (Å²) < 4.78 is 30.6. The normalized spacial score (nSPS) is 22.9. The van der Waals surface area contributed by atoms with Gasteiger partial charge in [0.2, 0.25) is 5.92 Å². The summed E-state index contributed by atoms with van der Waals surface area (Å²) in [7, 11) is 0. The average Bonchev–Trinajstić information content (AvgIpc) is 2.71. The Hall–Kier alpha value is -1.46. The lowest BCUT2D eigenvalue weighted by Crippen LogP contribution is -2.43. The molecule has 0 unspecified atom stereocenters. The second-order valence-corrected chi connectivity index (χ2v) is 4.13. The largest absolute Gasteiger partial charge is 0.481 e. The van der Waals surface area contributed by atoms with Crippen LogP contribution in [0.2, 0.25) is 0 Å². The summed E-state index contributed by atoms with van der Waals surface area (Å²) in [6, 6.07) is 1.43. The van der Waals surface area contributed by atoms with Crippen molar-refractivity contribution in [2.45, 2.75) is 37.0 Å². The molecule has 0 spiro atoms. The molecular weight excluding hydrogens is 220 g/mol. The van der Waals surface area contributed by atoms with Crippen molar-refractivity contribution in [1.82, 2.24) is 5.16 Å². The van der Waals surface area contributed by atoms with E-state index in [0.717, 1.165) is 0 Å². The van der Waals surface area contributed by atoms with E-state index >= 15 is 0 Å². The Balaban J connectivity index is 2.30. The molecule has 0 aliphatic heterocycles. The fourth-order valence-electron chi connectivity index (χ4n) is 2.08. The number of carboxylic acid groups (broad SMARTS) is 1. The van der Waals surface area contributed by atoms with E-state index in [1.807, 2.05) is 0 Å². The molecule has 16 heavy (non-hydrogen) atoms. The zero-order valence-electron chi connectivity index (χ0n) is 8.45. The molecule has 0 radical (unpaired) electrons. The number of carboxylic acids is 1. The van der Waals surface area contributed by atoms with Gasteiger partial charge in [0.1, 0.15) is 17.4 Å². The smallest absolute Gasteiger partial charge is 0.315 e. The van der Waals surface area contributed by atoms with Crippen molar-refractivity contribution in [3.8, 4) is 0 Å². The molecular formula is C10H11F2NO3. The molecule has 1 fully saturated rings. The first-order valence-electron chi connectivity index (χ1n) is 4.98. The maximum Gasteiger partial charge on any atom is 0.315 e. The van der Waals surface area contributed by atoms with Gasteiger partial charge in [-0.25, -0.2) is 8.78 Å². The molecule has 0 aromatic carbocycles. The average molecular weight is 231 g/mol. The van der Waals surface area contributed by atoms with Crippen LogP contribution in [-0.4, -0.2) is 22.2 Å². The number of hydrogen-bond acceptors (Lipinski definition) is 3. The van der Waals surface area contributed by atoms with E-state index in [-0.39, 0.29) is 18.5 Å². The zero-order valence-corrected chi connectivity index (χ0v) is 8.45. The summed E-state index contributed by atoms with van der Waals surface area (Å²) in [5.74, 6) is -3.88. The van der Waals surface area contributed by atoms with Crippen molar-refractivity contribution >= 4 is 5.97 Å². The second-order valence-electron chi connectivity index (χ2n) is 4.13. The summed E-state index contributed by atoms with van der Waals surface area (Å²) in [6.07, 6.45) is 0.189. The van der Waals surface area contributed by atoms with E-state index in [4.69, 9.17) is 0 Å². The third-order valence-corrected chi connectivity index (χ3v) is 3.17. The minimum absolute atomic E-state index is 0.109. The molecule has 1 aliphatic carbocycles. The molecule has 88 valence electrons. The molecule has 6 heteroatoms. The highest BCUT2D eigenvalue weighted by Crippen LogP contribution is 2.45. The van der Waals surface area contributed by atoms with E-state index in [1.165, 1.54) is 12.3 Å². The predicted molar refractivity (Wildman–Crippen MR) is 49.2 cm³/mol. The van der Waals surface area contributed by atoms with Crippen LogP contribution in [0.15, 0.2) is 16.9 Å². The fraction of sp³-hybridized carbons (Fsp3) is 0.600. The van der Waals surface area contributed by atoms with Gasteiger partial charge in [0.15, 0.2) is 0 Å². The van der Waals surface area contributed by atoms with Gasteiger partial charge in [0, 0.05) is 18.9 Å². The monoisotopic (exact) mass is 231 g/mol. The Kier molecular flexibility index (Phi) is 2.44. The Bertz CT molecular complexity index is 379. The predicted octanol–water partition coefficient (Wildman–Crippen LogP) is 2.21. The highest BCUT2D eigenvalue weighted by atomic mass is 19.3. The molecule has 1 aromatic heterocycles. The molecule has 0 atom stereocenters. The first kappa shape index (κ1) is 11.0.